The van der Waals surface area contributed by atoms with Gasteiger partial charge in [-0.1, -0.05) is 20.3 Å². The monoisotopic (exact) mass is 343 g/mol. The molecule has 0 bridgehead atoms. The van der Waals surface area contributed by atoms with E-state index in [2.05, 4.69) is 15.5 Å². The van der Waals surface area contributed by atoms with E-state index in [1.165, 1.54) is 5.56 Å². The number of carbonyl (C=O) groups excluding carboxylic acids is 1. The summed E-state index contributed by atoms with van der Waals surface area (Å²) in [6.45, 7) is 4.00. The first-order valence-electron chi connectivity index (χ1n) is 8.75. The molecule has 25 heavy (non-hydrogen) atoms. The zero-order valence-electron chi connectivity index (χ0n) is 14.9. The van der Waals surface area contributed by atoms with Gasteiger partial charge in [-0.15, -0.1) is 0 Å². The first kappa shape index (κ1) is 17.5. The van der Waals surface area contributed by atoms with Crippen molar-refractivity contribution in [2.24, 2.45) is 5.92 Å². The Balaban J connectivity index is 1.87. The summed E-state index contributed by atoms with van der Waals surface area (Å²) >= 11 is 0. The topological polar surface area (TPSA) is 87.2 Å². The molecule has 134 valence electrons. The minimum atomic E-state index is -0.253. The molecule has 6 heteroatoms. The number of aromatic nitrogens is 2. The Bertz CT molecular complexity index is 769. The standard InChI is InChI=1S/C19H25N3O3/c1-4-11(2)16(10-23)20-19(24)18-15-7-5-12-9-13(25-3)6-8-14(12)17(15)21-22-18/h6,8-9,11,16,23H,4-5,7,10H2,1-3H3,(H,20,24)(H,21,22)/t11-,16-/m1/s1. The van der Waals surface area contributed by atoms with Crippen molar-refractivity contribution < 1.29 is 14.6 Å². The van der Waals surface area contributed by atoms with Crippen LogP contribution in [0.15, 0.2) is 18.2 Å². The third-order valence-corrected chi connectivity index (χ3v) is 5.15. The number of aryl methyl sites for hydroxylation is 1. The number of amides is 1. The predicted molar refractivity (Wildman–Crippen MR) is 95.8 cm³/mol. The first-order valence-corrected chi connectivity index (χ1v) is 8.75. The highest BCUT2D eigenvalue weighted by molar-refractivity contribution is 5.96. The molecule has 0 saturated heterocycles. The maximum Gasteiger partial charge on any atom is 0.269 e. The molecule has 1 heterocycles. The normalized spacial score (nSPS) is 15.0. The highest BCUT2D eigenvalue weighted by Gasteiger charge is 2.27. The summed E-state index contributed by atoms with van der Waals surface area (Å²) in [5.74, 6) is 0.834. The fourth-order valence-electron chi connectivity index (χ4n) is 3.31. The van der Waals surface area contributed by atoms with Crippen molar-refractivity contribution in [3.63, 3.8) is 0 Å². The SMILES string of the molecule is CC[C@@H](C)[C@@H](CO)NC(=O)c1[nH]nc2c1CCc1cc(OC)ccc1-2. The summed E-state index contributed by atoms with van der Waals surface area (Å²) in [5, 5.41) is 19.8. The van der Waals surface area contributed by atoms with Crippen molar-refractivity contribution >= 4 is 5.91 Å². The van der Waals surface area contributed by atoms with Gasteiger partial charge >= 0.3 is 0 Å². The molecule has 1 aliphatic carbocycles. The molecule has 1 aromatic heterocycles. The number of hydrogen-bond donors (Lipinski definition) is 3. The van der Waals surface area contributed by atoms with Gasteiger partial charge in [0.2, 0.25) is 0 Å². The molecule has 0 spiro atoms. The Morgan fingerprint density at radius 2 is 2.24 bits per heavy atom. The van der Waals surface area contributed by atoms with Gasteiger partial charge in [-0.2, -0.15) is 5.10 Å². The van der Waals surface area contributed by atoms with Gasteiger partial charge in [0.05, 0.1) is 25.5 Å². The summed E-state index contributed by atoms with van der Waals surface area (Å²) in [6.07, 6.45) is 2.48. The summed E-state index contributed by atoms with van der Waals surface area (Å²) in [4.78, 5) is 12.7. The Kier molecular flexibility index (Phi) is 5.08. The quantitative estimate of drug-likeness (QED) is 0.751. The van der Waals surface area contributed by atoms with E-state index < -0.39 is 0 Å². The summed E-state index contributed by atoms with van der Waals surface area (Å²) in [5.41, 5.74) is 4.49. The van der Waals surface area contributed by atoms with Crippen LogP contribution in [-0.4, -0.2) is 41.0 Å². The summed E-state index contributed by atoms with van der Waals surface area (Å²) in [6, 6.07) is 5.67. The van der Waals surface area contributed by atoms with Crippen molar-refractivity contribution in [3.8, 4) is 17.0 Å². The highest BCUT2D eigenvalue weighted by atomic mass is 16.5. The Hall–Kier alpha value is -2.34. The van der Waals surface area contributed by atoms with Gasteiger partial charge in [0.25, 0.3) is 5.91 Å². The highest BCUT2D eigenvalue weighted by Crippen LogP contribution is 2.35. The van der Waals surface area contributed by atoms with Crippen molar-refractivity contribution in [2.45, 2.75) is 39.2 Å². The molecule has 6 nitrogen and oxygen atoms in total. The smallest absolute Gasteiger partial charge is 0.269 e. The van der Waals surface area contributed by atoms with Crippen LogP contribution in [-0.2, 0) is 12.8 Å². The average molecular weight is 343 g/mol. The van der Waals surface area contributed by atoms with E-state index in [1.807, 2.05) is 32.0 Å². The number of aliphatic hydroxyl groups is 1. The maximum atomic E-state index is 12.7. The molecule has 0 radical (unpaired) electrons. The molecule has 0 saturated carbocycles. The number of fused-ring (bicyclic) bond motifs is 3. The third kappa shape index (κ3) is 3.26. The number of rotatable bonds is 6. The van der Waals surface area contributed by atoms with E-state index in [0.29, 0.717) is 5.69 Å². The van der Waals surface area contributed by atoms with Crippen molar-refractivity contribution in [3.05, 3.63) is 35.0 Å². The van der Waals surface area contributed by atoms with E-state index in [9.17, 15) is 9.90 Å². The molecule has 2 atom stereocenters. The van der Waals surface area contributed by atoms with Crippen LogP contribution < -0.4 is 10.1 Å². The lowest BCUT2D eigenvalue weighted by Crippen LogP contribution is -2.42. The number of carbonyl (C=O) groups is 1. The molecular weight excluding hydrogens is 318 g/mol. The molecule has 3 N–H and O–H groups in total. The average Bonchev–Trinajstić information content (AvgIpc) is 3.09. The minimum Gasteiger partial charge on any atom is -0.497 e. The molecule has 1 aliphatic rings. The summed E-state index contributed by atoms with van der Waals surface area (Å²) in [7, 11) is 1.65. The number of H-pyrrole nitrogens is 1. The number of nitrogens with one attached hydrogen (secondary N) is 2. The molecule has 0 fully saturated rings. The van der Waals surface area contributed by atoms with Gasteiger partial charge in [-0.3, -0.25) is 9.89 Å². The second-order valence-corrected chi connectivity index (χ2v) is 6.60. The molecule has 3 rings (SSSR count). The van der Waals surface area contributed by atoms with Gasteiger partial charge in [0.1, 0.15) is 11.4 Å². The minimum absolute atomic E-state index is 0.0697. The van der Waals surface area contributed by atoms with E-state index in [1.54, 1.807) is 7.11 Å². The largest absolute Gasteiger partial charge is 0.497 e. The zero-order chi connectivity index (χ0) is 18.0. The lowest BCUT2D eigenvalue weighted by molar-refractivity contribution is 0.0885. The fourth-order valence-corrected chi connectivity index (χ4v) is 3.31. The third-order valence-electron chi connectivity index (χ3n) is 5.15. The van der Waals surface area contributed by atoms with Crippen LogP contribution in [0.5, 0.6) is 5.75 Å². The van der Waals surface area contributed by atoms with Crippen LogP contribution in [0.1, 0.15) is 41.9 Å². The Labute approximate surface area is 147 Å². The molecule has 1 aromatic carbocycles. The molecule has 0 unspecified atom stereocenters. The van der Waals surface area contributed by atoms with Crippen molar-refractivity contribution in [2.75, 3.05) is 13.7 Å². The number of aliphatic hydroxyl groups excluding tert-OH is 1. The number of aromatic amines is 1. The fraction of sp³-hybridized carbons (Fsp3) is 0.474. The zero-order valence-corrected chi connectivity index (χ0v) is 14.9. The second-order valence-electron chi connectivity index (χ2n) is 6.60. The van der Waals surface area contributed by atoms with Gasteiger partial charge in [0, 0.05) is 11.1 Å². The van der Waals surface area contributed by atoms with Gasteiger partial charge < -0.3 is 15.2 Å². The van der Waals surface area contributed by atoms with Crippen LogP contribution in [0.2, 0.25) is 0 Å². The summed E-state index contributed by atoms with van der Waals surface area (Å²) < 4.78 is 5.28. The second kappa shape index (κ2) is 7.27. The number of hydrogen-bond acceptors (Lipinski definition) is 4. The van der Waals surface area contributed by atoms with E-state index >= 15 is 0 Å². The van der Waals surface area contributed by atoms with Crippen molar-refractivity contribution in [1.82, 2.24) is 15.5 Å². The maximum absolute atomic E-state index is 12.7. The molecule has 2 aromatic rings. The van der Waals surface area contributed by atoms with Gasteiger partial charge in [0.15, 0.2) is 0 Å². The van der Waals surface area contributed by atoms with Crippen LogP contribution in [0, 0.1) is 5.92 Å². The number of methoxy groups -OCH3 is 1. The lowest BCUT2D eigenvalue weighted by atomic mass is 9.88. The van der Waals surface area contributed by atoms with E-state index in [-0.39, 0.29) is 24.5 Å². The number of ether oxygens (including phenoxy) is 1. The Morgan fingerprint density at radius 3 is 2.92 bits per heavy atom. The van der Waals surface area contributed by atoms with E-state index in [0.717, 1.165) is 41.8 Å². The predicted octanol–water partition coefficient (Wildman–Crippen LogP) is 2.32. The Morgan fingerprint density at radius 1 is 1.44 bits per heavy atom. The van der Waals surface area contributed by atoms with Crippen LogP contribution in [0.4, 0.5) is 0 Å². The van der Waals surface area contributed by atoms with Crippen LogP contribution in [0.25, 0.3) is 11.3 Å². The first-order chi connectivity index (χ1) is 12.1. The molecular formula is C19H25N3O3. The van der Waals surface area contributed by atoms with E-state index in [4.69, 9.17) is 4.74 Å². The molecule has 1 amide bonds. The van der Waals surface area contributed by atoms with Gasteiger partial charge in [-0.25, -0.2) is 0 Å². The lowest BCUT2D eigenvalue weighted by Gasteiger charge is -2.22. The van der Waals surface area contributed by atoms with Gasteiger partial charge in [-0.05, 0) is 42.5 Å². The van der Waals surface area contributed by atoms with Crippen LogP contribution in [0.3, 0.4) is 0 Å². The van der Waals surface area contributed by atoms with Crippen molar-refractivity contribution in [1.29, 1.82) is 0 Å². The van der Waals surface area contributed by atoms with Crippen LogP contribution >= 0.6 is 0 Å². The molecule has 0 aliphatic heterocycles. The number of nitrogens with zero attached hydrogens (tertiary/aromatic N) is 1. The number of benzene rings is 1.